The minimum absolute atomic E-state index is 0.0338. The molecule has 0 saturated heterocycles. The van der Waals surface area contributed by atoms with Gasteiger partial charge < -0.3 is 15.2 Å². The van der Waals surface area contributed by atoms with E-state index in [1.807, 2.05) is 31.2 Å². The van der Waals surface area contributed by atoms with Crippen LogP contribution in [-0.2, 0) is 16.0 Å². The first kappa shape index (κ1) is 14.7. The number of aryl methyl sites for hydroxylation is 1. The Bertz CT molecular complexity index is 366. The van der Waals surface area contributed by atoms with E-state index in [9.17, 15) is 4.79 Å². The second-order valence-corrected chi connectivity index (χ2v) is 4.14. The average Bonchev–Trinajstić information content (AvgIpc) is 2.36. The summed E-state index contributed by atoms with van der Waals surface area (Å²) in [5.74, 6) is 0.0338. The van der Waals surface area contributed by atoms with Gasteiger partial charge in [-0.25, -0.2) is 0 Å². The number of ether oxygens (including phenoxy) is 1. The maximum atomic E-state index is 11.7. The summed E-state index contributed by atoms with van der Waals surface area (Å²) >= 11 is 0. The van der Waals surface area contributed by atoms with E-state index in [-0.39, 0.29) is 12.5 Å². The molecule has 18 heavy (non-hydrogen) atoms. The fourth-order valence-corrected chi connectivity index (χ4v) is 1.61. The lowest BCUT2D eigenvalue weighted by Gasteiger charge is -2.07. The molecule has 0 spiro atoms. The van der Waals surface area contributed by atoms with Crippen LogP contribution < -0.4 is 5.32 Å². The van der Waals surface area contributed by atoms with E-state index in [2.05, 4.69) is 5.32 Å². The third-order valence-corrected chi connectivity index (χ3v) is 2.64. The van der Waals surface area contributed by atoms with Gasteiger partial charge >= 0.3 is 0 Å². The van der Waals surface area contributed by atoms with Crippen molar-refractivity contribution in [2.75, 3.05) is 26.4 Å². The molecule has 0 fully saturated rings. The first-order chi connectivity index (χ1) is 8.74. The van der Waals surface area contributed by atoms with E-state index in [0.29, 0.717) is 26.2 Å². The number of nitrogens with one attached hydrogen (secondary N) is 1. The number of aliphatic hydroxyl groups is 1. The molecule has 0 heterocycles. The van der Waals surface area contributed by atoms with Gasteiger partial charge in [0.15, 0.2) is 0 Å². The molecule has 1 aromatic carbocycles. The Labute approximate surface area is 108 Å². The first-order valence-corrected chi connectivity index (χ1v) is 6.24. The average molecular weight is 251 g/mol. The van der Waals surface area contributed by atoms with Crippen molar-refractivity contribution in [1.82, 2.24) is 5.32 Å². The molecule has 0 bridgehead atoms. The highest BCUT2D eigenvalue weighted by Crippen LogP contribution is 2.07. The van der Waals surface area contributed by atoms with E-state index < -0.39 is 0 Å². The van der Waals surface area contributed by atoms with E-state index in [1.165, 1.54) is 0 Å². The van der Waals surface area contributed by atoms with Gasteiger partial charge in [0.1, 0.15) is 0 Å². The van der Waals surface area contributed by atoms with Crippen LogP contribution in [0.25, 0.3) is 0 Å². The maximum Gasteiger partial charge on any atom is 0.224 e. The molecule has 1 rings (SSSR count). The van der Waals surface area contributed by atoms with E-state index in [1.54, 1.807) is 0 Å². The van der Waals surface area contributed by atoms with E-state index >= 15 is 0 Å². The molecule has 100 valence electrons. The van der Waals surface area contributed by atoms with Crippen molar-refractivity contribution in [3.05, 3.63) is 35.4 Å². The van der Waals surface area contributed by atoms with Gasteiger partial charge in [-0.2, -0.15) is 0 Å². The first-order valence-electron chi connectivity index (χ1n) is 6.24. The van der Waals surface area contributed by atoms with Crippen molar-refractivity contribution >= 4 is 5.91 Å². The smallest absolute Gasteiger partial charge is 0.224 e. The maximum absolute atomic E-state index is 11.7. The molecule has 4 heteroatoms. The van der Waals surface area contributed by atoms with Gasteiger partial charge in [-0.1, -0.05) is 24.3 Å². The van der Waals surface area contributed by atoms with Gasteiger partial charge in [0.2, 0.25) is 5.91 Å². The molecule has 1 aromatic rings. The van der Waals surface area contributed by atoms with Crippen LogP contribution in [0, 0.1) is 6.92 Å². The number of hydrogen-bond donors (Lipinski definition) is 2. The second-order valence-electron chi connectivity index (χ2n) is 4.14. The van der Waals surface area contributed by atoms with Crippen LogP contribution in [0.4, 0.5) is 0 Å². The number of carbonyl (C=O) groups is 1. The van der Waals surface area contributed by atoms with Crippen molar-refractivity contribution < 1.29 is 14.6 Å². The summed E-state index contributed by atoms with van der Waals surface area (Å²) < 4.78 is 5.10. The zero-order valence-corrected chi connectivity index (χ0v) is 10.8. The van der Waals surface area contributed by atoms with Crippen molar-refractivity contribution in [2.24, 2.45) is 0 Å². The highest BCUT2D eigenvalue weighted by atomic mass is 16.5. The van der Waals surface area contributed by atoms with Crippen molar-refractivity contribution in [2.45, 2.75) is 19.8 Å². The lowest BCUT2D eigenvalue weighted by Crippen LogP contribution is -2.27. The van der Waals surface area contributed by atoms with Crippen LogP contribution in [0.2, 0.25) is 0 Å². The third-order valence-electron chi connectivity index (χ3n) is 2.64. The van der Waals surface area contributed by atoms with Crippen LogP contribution in [0.1, 0.15) is 17.5 Å². The highest BCUT2D eigenvalue weighted by molar-refractivity contribution is 5.78. The van der Waals surface area contributed by atoms with Crippen molar-refractivity contribution in [3.8, 4) is 0 Å². The van der Waals surface area contributed by atoms with Gasteiger partial charge in [-0.15, -0.1) is 0 Å². The molecule has 0 aliphatic carbocycles. The van der Waals surface area contributed by atoms with Crippen LogP contribution >= 0.6 is 0 Å². The number of carbonyl (C=O) groups excluding carboxylic acids is 1. The van der Waals surface area contributed by atoms with Crippen LogP contribution in [0.15, 0.2) is 24.3 Å². The molecular weight excluding hydrogens is 230 g/mol. The predicted molar refractivity (Wildman–Crippen MR) is 70.4 cm³/mol. The van der Waals surface area contributed by atoms with Gasteiger partial charge in [-0.3, -0.25) is 4.79 Å². The predicted octanol–water partition coefficient (Wildman–Crippen LogP) is 1.05. The van der Waals surface area contributed by atoms with E-state index in [0.717, 1.165) is 17.5 Å². The summed E-state index contributed by atoms with van der Waals surface area (Å²) in [5.41, 5.74) is 2.20. The summed E-state index contributed by atoms with van der Waals surface area (Å²) in [5, 5.41) is 11.4. The number of benzene rings is 1. The van der Waals surface area contributed by atoms with Crippen molar-refractivity contribution in [1.29, 1.82) is 0 Å². The molecule has 0 atom stereocenters. The standard InChI is InChI=1S/C14H21NO3/c1-12-5-2-3-6-13(12)11-14(17)15-7-4-9-18-10-8-16/h2-3,5-6,16H,4,7-11H2,1H3,(H,15,17). The van der Waals surface area contributed by atoms with Gasteiger partial charge in [0, 0.05) is 13.2 Å². The highest BCUT2D eigenvalue weighted by Gasteiger charge is 2.04. The van der Waals surface area contributed by atoms with Crippen LogP contribution in [0.5, 0.6) is 0 Å². The topological polar surface area (TPSA) is 58.6 Å². The monoisotopic (exact) mass is 251 g/mol. The Hall–Kier alpha value is -1.39. The molecule has 1 amide bonds. The summed E-state index contributed by atoms with van der Waals surface area (Å²) in [7, 11) is 0. The molecular formula is C14H21NO3. The lowest BCUT2D eigenvalue weighted by atomic mass is 10.1. The molecule has 0 aromatic heterocycles. The van der Waals surface area contributed by atoms with Crippen molar-refractivity contribution in [3.63, 3.8) is 0 Å². The zero-order valence-electron chi connectivity index (χ0n) is 10.8. The number of amides is 1. The second kappa shape index (κ2) is 8.66. The number of rotatable bonds is 8. The van der Waals surface area contributed by atoms with Crippen LogP contribution in [0.3, 0.4) is 0 Å². The Morgan fingerprint density at radius 3 is 2.83 bits per heavy atom. The molecule has 2 N–H and O–H groups in total. The Kier molecular flexibility index (Phi) is 7.06. The Morgan fingerprint density at radius 2 is 2.11 bits per heavy atom. The van der Waals surface area contributed by atoms with Gasteiger partial charge in [0.25, 0.3) is 0 Å². The summed E-state index contributed by atoms with van der Waals surface area (Å²) in [6.45, 7) is 3.57. The zero-order chi connectivity index (χ0) is 13.2. The number of aliphatic hydroxyl groups excluding tert-OH is 1. The molecule has 0 saturated carbocycles. The molecule has 0 unspecified atom stereocenters. The minimum atomic E-state index is 0.0338. The fraction of sp³-hybridized carbons (Fsp3) is 0.500. The SMILES string of the molecule is Cc1ccccc1CC(=O)NCCCOCCO. The molecule has 0 aliphatic rings. The Morgan fingerprint density at radius 1 is 1.33 bits per heavy atom. The van der Waals surface area contributed by atoms with Gasteiger partial charge in [-0.05, 0) is 24.5 Å². The third kappa shape index (κ3) is 5.80. The minimum Gasteiger partial charge on any atom is -0.394 e. The summed E-state index contributed by atoms with van der Waals surface area (Å²) in [4.78, 5) is 11.7. The number of hydrogen-bond acceptors (Lipinski definition) is 3. The largest absolute Gasteiger partial charge is 0.394 e. The summed E-state index contributed by atoms with van der Waals surface area (Å²) in [6, 6.07) is 7.89. The lowest BCUT2D eigenvalue weighted by molar-refractivity contribution is -0.120. The normalized spacial score (nSPS) is 10.3. The molecule has 0 radical (unpaired) electrons. The summed E-state index contributed by atoms with van der Waals surface area (Å²) in [6.07, 6.45) is 1.18. The van der Waals surface area contributed by atoms with Crippen LogP contribution in [-0.4, -0.2) is 37.4 Å². The quantitative estimate of drug-likeness (QED) is 0.679. The molecule has 0 aliphatic heterocycles. The molecule has 4 nitrogen and oxygen atoms in total. The van der Waals surface area contributed by atoms with Gasteiger partial charge in [0.05, 0.1) is 19.6 Å². The van der Waals surface area contributed by atoms with E-state index in [4.69, 9.17) is 9.84 Å². The fourth-order valence-electron chi connectivity index (χ4n) is 1.61. The Balaban J connectivity index is 2.16.